The molecule has 6 heteroatoms. The molecule has 1 aliphatic heterocycles. The number of hydrogen-bond acceptors (Lipinski definition) is 2. The molecular formula is C25H25F2N3O. The number of anilines is 1. The lowest BCUT2D eigenvalue weighted by atomic mass is 10.1. The molecule has 0 radical (unpaired) electrons. The number of carbonyl (C=O) groups is 1. The molecule has 4 nitrogen and oxygen atoms in total. The predicted molar refractivity (Wildman–Crippen MR) is 119 cm³/mol. The van der Waals surface area contributed by atoms with Crippen LogP contribution in [0.1, 0.15) is 12.0 Å². The first-order valence-electron chi connectivity index (χ1n) is 10.3. The summed E-state index contributed by atoms with van der Waals surface area (Å²) in [4.78, 5) is 16.8. The third-order valence-electron chi connectivity index (χ3n) is 5.70. The van der Waals surface area contributed by atoms with Gasteiger partial charge in [-0.1, -0.05) is 42.5 Å². The molecule has 0 aliphatic carbocycles. The summed E-state index contributed by atoms with van der Waals surface area (Å²) in [5.41, 5.74) is 3.04. The van der Waals surface area contributed by atoms with Gasteiger partial charge in [0.2, 0.25) is 0 Å². The number of benzene rings is 3. The van der Waals surface area contributed by atoms with Crippen LogP contribution in [0.15, 0.2) is 72.8 Å². The summed E-state index contributed by atoms with van der Waals surface area (Å²) in [6.45, 7) is 2.67. The molecule has 2 amide bonds. The van der Waals surface area contributed by atoms with Crippen molar-refractivity contribution in [2.45, 2.75) is 19.0 Å². The van der Waals surface area contributed by atoms with Gasteiger partial charge in [0.15, 0.2) is 0 Å². The van der Waals surface area contributed by atoms with E-state index in [1.54, 1.807) is 29.2 Å². The smallest absolute Gasteiger partial charge is 0.321 e. The predicted octanol–water partition coefficient (Wildman–Crippen LogP) is 5.37. The fourth-order valence-corrected chi connectivity index (χ4v) is 3.96. The van der Waals surface area contributed by atoms with Crippen LogP contribution in [-0.2, 0) is 6.54 Å². The van der Waals surface area contributed by atoms with E-state index in [1.165, 1.54) is 17.7 Å². The molecule has 1 aliphatic rings. The van der Waals surface area contributed by atoms with E-state index in [1.807, 2.05) is 25.2 Å². The summed E-state index contributed by atoms with van der Waals surface area (Å²) < 4.78 is 26.9. The van der Waals surface area contributed by atoms with Crippen LogP contribution in [0.4, 0.5) is 19.3 Å². The van der Waals surface area contributed by atoms with Crippen LogP contribution in [0.3, 0.4) is 0 Å². The number of urea groups is 1. The lowest BCUT2D eigenvalue weighted by Gasteiger charge is -2.25. The van der Waals surface area contributed by atoms with Gasteiger partial charge in [-0.2, -0.15) is 0 Å². The third-order valence-corrected chi connectivity index (χ3v) is 5.70. The van der Waals surface area contributed by atoms with Crippen molar-refractivity contribution in [1.82, 2.24) is 9.80 Å². The minimum atomic E-state index is -0.619. The van der Waals surface area contributed by atoms with Gasteiger partial charge in [-0.05, 0) is 47.4 Å². The number of hydrogen-bond donors (Lipinski definition) is 1. The standard InChI is InChI=1S/C25H25F2N3O/c1-29(24-11-12-30(17-24)16-18-5-3-2-4-6-18)25(31)28-23-9-7-19(8-10-23)20-13-21(26)15-22(27)14-20/h2-10,13-15,24H,11-12,16-17H2,1H3,(H,28,31)/t24-/m0/s1. The molecule has 3 aromatic rings. The molecule has 4 rings (SSSR count). The number of carbonyl (C=O) groups excluding carboxylic acids is 1. The Labute approximate surface area is 181 Å². The summed E-state index contributed by atoms with van der Waals surface area (Å²) in [5, 5.41) is 2.90. The fourth-order valence-electron chi connectivity index (χ4n) is 3.96. The molecule has 0 saturated carbocycles. The van der Waals surface area contributed by atoms with E-state index in [-0.39, 0.29) is 12.1 Å². The number of nitrogens with one attached hydrogen (secondary N) is 1. The van der Waals surface area contributed by atoms with Crippen molar-refractivity contribution in [3.8, 4) is 11.1 Å². The van der Waals surface area contributed by atoms with E-state index >= 15 is 0 Å². The quantitative estimate of drug-likeness (QED) is 0.601. The van der Waals surface area contributed by atoms with Crippen molar-refractivity contribution in [2.75, 3.05) is 25.5 Å². The molecule has 31 heavy (non-hydrogen) atoms. The van der Waals surface area contributed by atoms with Crippen LogP contribution in [0.2, 0.25) is 0 Å². The van der Waals surface area contributed by atoms with E-state index in [0.717, 1.165) is 32.1 Å². The highest BCUT2D eigenvalue weighted by Crippen LogP contribution is 2.24. The summed E-state index contributed by atoms with van der Waals surface area (Å²) in [6, 6.07) is 20.7. The molecule has 1 N–H and O–H groups in total. The van der Waals surface area contributed by atoms with Gasteiger partial charge in [0.25, 0.3) is 0 Å². The van der Waals surface area contributed by atoms with Crippen molar-refractivity contribution < 1.29 is 13.6 Å². The van der Waals surface area contributed by atoms with Gasteiger partial charge in [-0.25, -0.2) is 13.6 Å². The second-order valence-corrected chi connectivity index (χ2v) is 7.94. The van der Waals surface area contributed by atoms with Crippen LogP contribution in [0, 0.1) is 11.6 Å². The van der Waals surface area contributed by atoms with Gasteiger partial charge in [0, 0.05) is 44.5 Å². The number of likely N-dealkylation sites (tertiary alicyclic amines) is 1. The zero-order valence-corrected chi connectivity index (χ0v) is 17.4. The number of halogens is 2. The van der Waals surface area contributed by atoms with E-state index in [4.69, 9.17) is 0 Å². The van der Waals surface area contributed by atoms with Gasteiger partial charge in [-0.15, -0.1) is 0 Å². The Bertz CT molecular complexity index is 1020. The molecule has 0 bridgehead atoms. The second-order valence-electron chi connectivity index (χ2n) is 7.94. The van der Waals surface area contributed by atoms with E-state index < -0.39 is 11.6 Å². The van der Waals surface area contributed by atoms with E-state index in [9.17, 15) is 13.6 Å². The van der Waals surface area contributed by atoms with Gasteiger partial charge in [0.1, 0.15) is 11.6 Å². The van der Waals surface area contributed by atoms with E-state index in [2.05, 4.69) is 22.3 Å². The average molecular weight is 421 g/mol. The van der Waals surface area contributed by atoms with Crippen LogP contribution >= 0.6 is 0 Å². The van der Waals surface area contributed by atoms with Crippen LogP contribution in [0.5, 0.6) is 0 Å². The zero-order chi connectivity index (χ0) is 21.8. The number of likely N-dealkylation sites (N-methyl/N-ethyl adjacent to an activating group) is 1. The lowest BCUT2D eigenvalue weighted by Crippen LogP contribution is -2.41. The number of amides is 2. The topological polar surface area (TPSA) is 35.6 Å². The first-order chi connectivity index (χ1) is 15.0. The molecule has 0 spiro atoms. The van der Waals surface area contributed by atoms with Gasteiger partial charge < -0.3 is 10.2 Å². The largest absolute Gasteiger partial charge is 0.323 e. The summed E-state index contributed by atoms with van der Waals surface area (Å²) >= 11 is 0. The van der Waals surface area contributed by atoms with Crippen LogP contribution in [-0.4, -0.2) is 42.0 Å². The SMILES string of the molecule is CN(C(=O)Nc1ccc(-c2cc(F)cc(F)c2)cc1)[C@H]1CCN(Cc2ccccc2)C1. The molecule has 160 valence electrons. The summed E-state index contributed by atoms with van der Waals surface area (Å²) in [7, 11) is 1.82. The lowest BCUT2D eigenvalue weighted by molar-refractivity contribution is 0.201. The Morgan fingerprint density at radius 1 is 1.00 bits per heavy atom. The molecule has 1 atom stereocenters. The van der Waals surface area contributed by atoms with Crippen molar-refractivity contribution in [3.63, 3.8) is 0 Å². The molecule has 1 fully saturated rings. The van der Waals surface area contributed by atoms with E-state index in [0.29, 0.717) is 16.8 Å². The normalized spacial score (nSPS) is 16.3. The number of rotatable bonds is 5. The monoisotopic (exact) mass is 421 g/mol. The molecule has 1 heterocycles. The van der Waals surface area contributed by atoms with Gasteiger partial charge in [0.05, 0.1) is 0 Å². The highest BCUT2D eigenvalue weighted by Gasteiger charge is 2.28. The van der Waals surface area contributed by atoms with Crippen LogP contribution in [0.25, 0.3) is 11.1 Å². The van der Waals surface area contributed by atoms with Crippen molar-refractivity contribution in [1.29, 1.82) is 0 Å². The van der Waals surface area contributed by atoms with Crippen LogP contribution < -0.4 is 5.32 Å². The zero-order valence-electron chi connectivity index (χ0n) is 17.4. The van der Waals surface area contributed by atoms with Crippen molar-refractivity contribution >= 4 is 11.7 Å². The molecule has 3 aromatic carbocycles. The Balaban J connectivity index is 1.33. The Morgan fingerprint density at radius 3 is 2.35 bits per heavy atom. The Morgan fingerprint density at radius 2 is 1.68 bits per heavy atom. The minimum absolute atomic E-state index is 0.151. The first kappa shape index (κ1) is 21.0. The van der Waals surface area contributed by atoms with Gasteiger partial charge in [-0.3, -0.25) is 4.90 Å². The summed E-state index contributed by atoms with van der Waals surface area (Å²) in [5.74, 6) is -1.24. The minimum Gasteiger partial charge on any atom is -0.323 e. The summed E-state index contributed by atoms with van der Waals surface area (Å²) in [6.07, 6.45) is 0.931. The maximum absolute atomic E-state index is 13.4. The third kappa shape index (κ3) is 5.27. The van der Waals surface area contributed by atoms with Crippen molar-refractivity contribution in [3.05, 3.63) is 90.0 Å². The fraction of sp³-hybridized carbons (Fsp3) is 0.240. The first-order valence-corrected chi connectivity index (χ1v) is 10.3. The second kappa shape index (κ2) is 9.27. The average Bonchev–Trinajstić information content (AvgIpc) is 3.22. The Kier molecular flexibility index (Phi) is 6.28. The Hall–Kier alpha value is -3.25. The van der Waals surface area contributed by atoms with Gasteiger partial charge >= 0.3 is 6.03 Å². The molecule has 1 saturated heterocycles. The highest BCUT2D eigenvalue weighted by atomic mass is 19.1. The maximum Gasteiger partial charge on any atom is 0.321 e. The maximum atomic E-state index is 13.4. The van der Waals surface area contributed by atoms with Crippen molar-refractivity contribution in [2.24, 2.45) is 0 Å². The molecule has 0 unspecified atom stereocenters. The molecular weight excluding hydrogens is 396 g/mol. The number of nitrogens with zero attached hydrogens (tertiary/aromatic N) is 2. The molecule has 0 aromatic heterocycles. The highest BCUT2D eigenvalue weighted by molar-refractivity contribution is 5.89.